The minimum absolute atomic E-state index is 0. The molecule has 4 nitrogen and oxygen atoms in total. The van der Waals surface area contributed by atoms with Crippen LogP contribution in [0.4, 0.5) is 0 Å². The molecule has 2 aromatic rings. The summed E-state index contributed by atoms with van der Waals surface area (Å²) in [5.41, 5.74) is 1.27. The maximum atomic E-state index is 8.84. The van der Waals surface area contributed by atoms with Crippen molar-refractivity contribution in [2.45, 2.75) is 0 Å². The second-order valence-electron chi connectivity index (χ2n) is 2.59. The average Bonchev–Trinajstić information content (AvgIpc) is 2.49. The van der Waals surface area contributed by atoms with Gasteiger partial charge in [-0.05, 0) is 11.5 Å². The number of aromatic nitrogens is 2. The molecule has 68 valence electrons. The standard InChI is InChI=1S/C7H7BN2O2.ClH/c11-8(12)6-2-1-5-4-9-10-7(5)3-6;/h1-4,11-12H,(H,9,10);1H. The molecule has 1 heterocycles. The van der Waals surface area contributed by atoms with Crippen LogP contribution in [0.1, 0.15) is 0 Å². The highest BCUT2D eigenvalue weighted by molar-refractivity contribution is 6.58. The Labute approximate surface area is 81.1 Å². The Morgan fingerprint density at radius 2 is 2.08 bits per heavy atom. The highest BCUT2D eigenvalue weighted by Crippen LogP contribution is 2.06. The number of benzene rings is 1. The maximum absolute atomic E-state index is 8.84. The SMILES string of the molecule is Cl.OB(O)c1ccc2cn[nH]c2c1. The third kappa shape index (κ3) is 1.83. The number of H-pyrrole nitrogens is 1. The van der Waals surface area contributed by atoms with Gasteiger partial charge in [0.2, 0.25) is 0 Å². The summed E-state index contributed by atoms with van der Waals surface area (Å²) in [6, 6.07) is 5.10. The lowest BCUT2D eigenvalue weighted by Gasteiger charge is -1.97. The average molecular weight is 198 g/mol. The zero-order chi connectivity index (χ0) is 8.55. The van der Waals surface area contributed by atoms with Gasteiger partial charge in [0.15, 0.2) is 0 Å². The van der Waals surface area contributed by atoms with Crippen molar-refractivity contribution in [2.24, 2.45) is 0 Å². The third-order valence-corrected chi connectivity index (χ3v) is 1.76. The first-order chi connectivity index (χ1) is 5.77. The molecule has 6 heteroatoms. The second kappa shape index (κ2) is 3.78. The monoisotopic (exact) mass is 198 g/mol. The molecule has 13 heavy (non-hydrogen) atoms. The van der Waals surface area contributed by atoms with Crippen LogP contribution in [0.3, 0.4) is 0 Å². The van der Waals surface area contributed by atoms with Crippen LogP contribution in [-0.4, -0.2) is 27.4 Å². The van der Waals surface area contributed by atoms with Crippen molar-refractivity contribution in [3.8, 4) is 0 Å². The molecule has 0 radical (unpaired) electrons. The van der Waals surface area contributed by atoms with E-state index < -0.39 is 7.12 Å². The zero-order valence-corrected chi connectivity index (χ0v) is 7.45. The molecule has 0 bridgehead atoms. The van der Waals surface area contributed by atoms with Gasteiger partial charge in [0, 0.05) is 5.39 Å². The van der Waals surface area contributed by atoms with Crippen LogP contribution in [0.15, 0.2) is 24.4 Å². The molecular weight excluding hydrogens is 190 g/mol. The van der Waals surface area contributed by atoms with Gasteiger partial charge in [-0.25, -0.2) is 0 Å². The summed E-state index contributed by atoms with van der Waals surface area (Å²) >= 11 is 0. The smallest absolute Gasteiger partial charge is 0.423 e. The molecule has 3 N–H and O–H groups in total. The van der Waals surface area contributed by atoms with E-state index in [4.69, 9.17) is 10.0 Å². The Kier molecular flexibility index (Phi) is 2.92. The van der Waals surface area contributed by atoms with Crippen molar-refractivity contribution in [2.75, 3.05) is 0 Å². The molecule has 0 aliphatic carbocycles. The molecule has 1 aromatic carbocycles. The Hall–Kier alpha value is -1.04. The summed E-state index contributed by atoms with van der Waals surface area (Å²) in [5.74, 6) is 0. The molecule has 0 amide bonds. The lowest BCUT2D eigenvalue weighted by atomic mass is 9.80. The van der Waals surface area contributed by atoms with Crippen LogP contribution in [0.5, 0.6) is 0 Å². The summed E-state index contributed by atoms with van der Waals surface area (Å²) in [5, 5.41) is 25.2. The normalized spacial score (nSPS) is 9.69. The maximum Gasteiger partial charge on any atom is 0.488 e. The van der Waals surface area contributed by atoms with Crippen molar-refractivity contribution in [3.63, 3.8) is 0 Å². The number of nitrogens with one attached hydrogen (secondary N) is 1. The van der Waals surface area contributed by atoms with E-state index in [1.165, 1.54) is 0 Å². The highest BCUT2D eigenvalue weighted by Gasteiger charge is 2.10. The molecule has 0 saturated carbocycles. The van der Waals surface area contributed by atoms with Gasteiger partial charge in [0.25, 0.3) is 0 Å². The van der Waals surface area contributed by atoms with Crippen LogP contribution >= 0.6 is 12.4 Å². The van der Waals surface area contributed by atoms with E-state index >= 15 is 0 Å². The molecule has 0 atom stereocenters. The van der Waals surface area contributed by atoms with Gasteiger partial charge in [-0.1, -0.05) is 12.1 Å². The van der Waals surface area contributed by atoms with E-state index in [0.29, 0.717) is 5.46 Å². The van der Waals surface area contributed by atoms with Crippen molar-refractivity contribution in [1.82, 2.24) is 10.2 Å². The number of nitrogens with zero attached hydrogens (tertiary/aromatic N) is 1. The summed E-state index contributed by atoms with van der Waals surface area (Å²) < 4.78 is 0. The summed E-state index contributed by atoms with van der Waals surface area (Å²) in [7, 11) is -1.42. The van der Waals surface area contributed by atoms with E-state index in [1.54, 1.807) is 24.4 Å². The first kappa shape index (κ1) is 10.0. The van der Waals surface area contributed by atoms with Gasteiger partial charge in [0.05, 0.1) is 11.7 Å². The minimum atomic E-state index is -1.42. The number of hydrogen-bond acceptors (Lipinski definition) is 3. The van der Waals surface area contributed by atoms with Gasteiger partial charge in [-0.15, -0.1) is 12.4 Å². The minimum Gasteiger partial charge on any atom is -0.423 e. The molecule has 2 rings (SSSR count). The van der Waals surface area contributed by atoms with Gasteiger partial charge in [-0.2, -0.15) is 5.10 Å². The molecule has 0 aliphatic heterocycles. The fourth-order valence-electron chi connectivity index (χ4n) is 1.12. The first-order valence-electron chi connectivity index (χ1n) is 3.56. The van der Waals surface area contributed by atoms with E-state index in [0.717, 1.165) is 10.9 Å². The number of hydrogen-bond donors (Lipinski definition) is 3. The van der Waals surface area contributed by atoms with Gasteiger partial charge in [-0.3, -0.25) is 5.10 Å². The summed E-state index contributed by atoms with van der Waals surface area (Å²) in [4.78, 5) is 0. The predicted octanol–water partition coefficient (Wildman–Crippen LogP) is -0.336. The molecule has 0 spiro atoms. The molecule has 1 aromatic heterocycles. The number of aromatic amines is 1. The Balaban J connectivity index is 0.000000845. The first-order valence-corrected chi connectivity index (χ1v) is 3.56. The fourth-order valence-corrected chi connectivity index (χ4v) is 1.12. The quantitative estimate of drug-likeness (QED) is 0.549. The highest BCUT2D eigenvalue weighted by atomic mass is 35.5. The topological polar surface area (TPSA) is 69.1 Å². The number of fused-ring (bicyclic) bond motifs is 1. The van der Waals surface area contributed by atoms with Crippen LogP contribution in [0, 0.1) is 0 Å². The largest absolute Gasteiger partial charge is 0.488 e. The molecule has 0 fully saturated rings. The van der Waals surface area contributed by atoms with Crippen molar-refractivity contribution < 1.29 is 10.0 Å². The third-order valence-electron chi connectivity index (χ3n) is 1.76. The summed E-state index contributed by atoms with van der Waals surface area (Å²) in [6.07, 6.45) is 1.68. The van der Waals surface area contributed by atoms with Crippen LogP contribution in [-0.2, 0) is 0 Å². The fraction of sp³-hybridized carbons (Fsp3) is 0. The van der Waals surface area contributed by atoms with Crippen LogP contribution < -0.4 is 5.46 Å². The second-order valence-corrected chi connectivity index (χ2v) is 2.59. The zero-order valence-electron chi connectivity index (χ0n) is 6.64. The van der Waals surface area contributed by atoms with E-state index in [9.17, 15) is 0 Å². The van der Waals surface area contributed by atoms with E-state index in [1.807, 2.05) is 0 Å². The summed E-state index contributed by atoms with van der Waals surface area (Å²) in [6.45, 7) is 0. The molecule has 0 aliphatic rings. The van der Waals surface area contributed by atoms with Crippen LogP contribution in [0.25, 0.3) is 10.9 Å². The van der Waals surface area contributed by atoms with E-state index in [-0.39, 0.29) is 12.4 Å². The molecule has 0 unspecified atom stereocenters. The van der Waals surface area contributed by atoms with Crippen molar-refractivity contribution >= 4 is 35.9 Å². The Morgan fingerprint density at radius 1 is 1.31 bits per heavy atom. The van der Waals surface area contributed by atoms with E-state index in [2.05, 4.69) is 10.2 Å². The lowest BCUT2D eigenvalue weighted by molar-refractivity contribution is 0.426. The van der Waals surface area contributed by atoms with Gasteiger partial charge in [0.1, 0.15) is 0 Å². The van der Waals surface area contributed by atoms with Crippen molar-refractivity contribution in [1.29, 1.82) is 0 Å². The Bertz CT molecular complexity index is 404. The van der Waals surface area contributed by atoms with Crippen molar-refractivity contribution in [3.05, 3.63) is 24.4 Å². The van der Waals surface area contributed by atoms with Crippen LogP contribution in [0.2, 0.25) is 0 Å². The number of halogens is 1. The lowest BCUT2D eigenvalue weighted by Crippen LogP contribution is -2.29. The molecular formula is C7H8BClN2O2. The van der Waals surface area contributed by atoms with Gasteiger partial charge < -0.3 is 10.0 Å². The van der Waals surface area contributed by atoms with Gasteiger partial charge >= 0.3 is 7.12 Å². The molecule has 0 saturated heterocycles. The Morgan fingerprint density at radius 3 is 2.77 bits per heavy atom. The number of rotatable bonds is 1. The predicted molar refractivity (Wildman–Crippen MR) is 53.2 cm³/mol.